The zero-order chi connectivity index (χ0) is 15.8. The predicted molar refractivity (Wildman–Crippen MR) is 83.8 cm³/mol. The number of aromatic hydroxyl groups is 1. The third kappa shape index (κ3) is 2.68. The van der Waals surface area contributed by atoms with Crippen LogP contribution in [0.25, 0.3) is 6.08 Å². The van der Waals surface area contributed by atoms with Gasteiger partial charge in [-0.2, -0.15) is 0 Å². The van der Waals surface area contributed by atoms with E-state index in [1.165, 1.54) is 6.08 Å². The number of carbonyl (C=O) groups is 1. The van der Waals surface area contributed by atoms with Crippen molar-refractivity contribution in [2.45, 2.75) is 19.4 Å². The molecule has 1 aromatic rings. The summed E-state index contributed by atoms with van der Waals surface area (Å²) >= 11 is 0. The van der Waals surface area contributed by atoms with E-state index in [4.69, 9.17) is 4.74 Å². The van der Waals surface area contributed by atoms with Crippen LogP contribution in [-0.2, 0) is 4.79 Å². The summed E-state index contributed by atoms with van der Waals surface area (Å²) in [5.41, 5.74) is 1.01. The molecule has 1 aliphatic heterocycles. The van der Waals surface area contributed by atoms with Gasteiger partial charge in [-0.15, -0.1) is 0 Å². The molecule has 0 fully saturated rings. The fourth-order valence-corrected chi connectivity index (χ4v) is 2.65. The van der Waals surface area contributed by atoms with Crippen LogP contribution in [0.5, 0.6) is 11.5 Å². The van der Waals surface area contributed by atoms with Crippen molar-refractivity contribution < 1.29 is 14.6 Å². The average molecular weight is 290 g/mol. The molecular formula is C16H22N2O3. The first-order valence-electron chi connectivity index (χ1n) is 6.85. The molecule has 0 saturated carbocycles. The molecule has 21 heavy (non-hydrogen) atoms. The van der Waals surface area contributed by atoms with Crippen molar-refractivity contribution in [3.05, 3.63) is 23.8 Å². The minimum Gasteiger partial charge on any atom is -0.506 e. The van der Waals surface area contributed by atoms with Gasteiger partial charge in [0.25, 0.3) is 0 Å². The van der Waals surface area contributed by atoms with Crippen LogP contribution in [0.2, 0.25) is 0 Å². The number of benzene rings is 1. The maximum Gasteiger partial charge on any atom is 0.246 e. The van der Waals surface area contributed by atoms with Gasteiger partial charge in [0.05, 0.1) is 18.3 Å². The lowest BCUT2D eigenvalue weighted by atomic mass is 10.0. The van der Waals surface area contributed by atoms with Crippen molar-refractivity contribution in [2.75, 3.05) is 32.6 Å². The molecule has 5 heteroatoms. The number of rotatable bonds is 1. The van der Waals surface area contributed by atoms with Crippen LogP contribution >= 0.6 is 0 Å². The number of phenols is 1. The molecule has 1 aliphatic rings. The Morgan fingerprint density at radius 2 is 1.90 bits per heavy atom. The maximum absolute atomic E-state index is 12.3. The average Bonchev–Trinajstić information content (AvgIpc) is 2.45. The number of amides is 1. The van der Waals surface area contributed by atoms with Crippen LogP contribution in [0.4, 0.5) is 5.69 Å². The van der Waals surface area contributed by atoms with Crippen molar-refractivity contribution in [1.29, 1.82) is 0 Å². The highest BCUT2D eigenvalue weighted by Gasteiger charge is 2.31. The van der Waals surface area contributed by atoms with Crippen LogP contribution in [0.15, 0.2) is 18.2 Å². The molecule has 0 saturated heterocycles. The molecule has 5 nitrogen and oxygen atoms in total. The summed E-state index contributed by atoms with van der Waals surface area (Å²) in [5, 5.41) is 10.2. The molecule has 1 aromatic carbocycles. The highest BCUT2D eigenvalue weighted by Crippen LogP contribution is 2.39. The van der Waals surface area contributed by atoms with Gasteiger partial charge in [0.15, 0.2) is 0 Å². The fourth-order valence-electron chi connectivity index (χ4n) is 2.65. The van der Waals surface area contributed by atoms with E-state index < -0.39 is 0 Å². The Morgan fingerprint density at radius 1 is 1.24 bits per heavy atom. The molecule has 114 valence electrons. The second-order valence-electron chi connectivity index (χ2n) is 5.95. The van der Waals surface area contributed by atoms with E-state index in [0.717, 1.165) is 0 Å². The van der Waals surface area contributed by atoms with E-state index in [1.807, 2.05) is 25.8 Å². The Balaban J connectivity index is 2.66. The Bertz CT molecular complexity index is 593. The number of hydrogen-bond acceptors (Lipinski definition) is 4. The summed E-state index contributed by atoms with van der Waals surface area (Å²) in [5.74, 6) is 0.721. The fraction of sp³-hybridized carbons (Fsp3) is 0.438. The third-order valence-corrected chi connectivity index (χ3v) is 4.01. The molecule has 0 radical (unpaired) electrons. The SMILES string of the molecule is COc1ccc(O)c2c1/C=C/C(=O)N(C)C(C)(C)CN2C. The summed E-state index contributed by atoms with van der Waals surface area (Å²) in [7, 11) is 5.26. The van der Waals surface area contributed by atoms with Gasteiger partial charge >= 0.3 is 0 Å². The minimum atomic E-state index is -0.368. The van der Waals surface area contributed by atoms with Crippen molar-refractivity contribution >= 4 is 17.7 Å². The molecular weight excluding hydrogens is 268 g/mol. The standard InChI is InChI=1S/C16H22N2O3/c1-16(2)10-17(3)15-11(6-9-14(20)18(16)4)13(21-5)8-7-12(15)19/h6-9,19H,10H2,1-5H3/b9-6+. The van der Waals surface area contributed by atoms with Gasteiger partial charge in [0.2, 0.25) is 5.91 Å². The number of anilines is 1. The van der Waals surface area contributed by atoms with Gasteiger partial charge in [0, 0.05) is 32.3 Å². The molecule has 2 rings (SSSR count). The quantitative estimate of drug-likeness (QED) is 0.860. The molecule has 0 unspecified atom stereocenters. The van der Waals surface area contributed by atoms with Crippen molar-refractivity contribution in [3.63, 3.8) is 0 Å². The van der Waals surface area contributed by atoms with Crippen LogP contribution in [0.3, 0.4) is 0 Å². The number of hydrogen-bond donors (Lipinski definition) is 1. The highest BCUT2D eigenvalue weighted by molar-refractivity contribution is 5.94. The summed E-state index contributed by atoms with van der Waals surface area (Å²) in [4.78, 5) is 15.9. The largest absolute Gasteiger partial charge is 0.506 e. The Morgan fingerprint density at radius 3 is 2.52 bits per heavy atom. The second-order valence-corrected chi connectivity index (χ2v) is 5.95. The first-order chi connectivity index (χ1) is 9.77. The van der Waals surface area contributed by atoms with Gasteiger partial charge in [-0.25, -0.2) is 0 Å². The van der Waals surface area contributed by atoms with Crippen molar-refractivity contribution in [1.82, 2.24) is 4.90 Å². The Kier molecular flexibility index (Phi) is 3.85. The van der Waals surface area contributed by atoms with Crippen LogP contribution in [0, 0.1) is 0 Å². The van der Waals surface area contributed by atoms with Gasteiger partial charge < -0.3 is 19.6 Å². The highest BCUT2D eigenvalue weighted by atomic mass is 16.5. The Hall–Kier alpha value is -2.17. The summed E-state index contributed by atoms with van der Waals surface area (Å²) in [6.07, 6.45) is 3.21. The van der Waals surface area contributed by atoms with E-state index in [9.17, 15) is 9.90 Å². The van der Waals surface area contributed by atoms with Crippen LogP contribution in [0.1, 0.15) is 19.4 Å². The number of ether oxygens (including phenoxy) is 1. The maximum atomic E-state index is 12.3. The zero-order valence-electron chi connectivity index (χ0n) is 13.2. The molecule has 0 bridgehead atoms. The van der Waals surface area contributed by atoms with Gasteiger partial charge in [-0.3, -0.25) is 4.79 Å². The van der Waals surface area contributed by atoms with Gasteiger partial charge in [-0.05, 0) is 32.1 Å². The second kappa shape index (κ2) is 5.31. The van der Waals surface area contributed by atoms with Gasteiger partial charge in [0.1, 0.15) is 11.5 Å². The molecule has 0 aliphatic carbocycles. The van der Waals surface area contributed by atoms with E-state index in [-0.39, 0.29) is 17.2 Å². The number of fused-ring (bicyclic) bond motifs is 1. The molecule has 0 aromatic heterocycles. The van der Waals surface area contributed by atoms with Crippen LogP contribution < -0.4 is 9.64 Å². The van der Waals surface area contributed by atoms with E-state index in [1.54, 1.807) is 37.3 Å². The number of nitrogens with zero attached hydrogens (tertiary/aromatic N) is 2. The summed E-state index contributed by atoms with van der Waals surface area (Å²) < 4.78 is 5.35. The molecule has 0 spiro atoms. The van der Waals surface area contributed by atoms with Gasteiger partial charge in [-0.1, -0.05) is 0 Å². The van der Waals surface area contributed by atoms with E-state index in [2.05, 4.69) is 0 Å². The number of phenolic OH excluding ortho intramolecular Hbond substituents is 1. The third-order valence-electron chi connectivity index (χ3n) is 4.01. The summed E-state index contributed by atoms with van der Waals surface area (Å²) in [6, 6.07) is 3.31. The van der Waals surface area contributed by atoms with Crippen molar-refractivity contribution in [2.24, 2.45) is 0 Å². The molecule has 0 atom stereocenters. The molecule has 1 N–H and O–H groups in total. The lowest BCUT2D eigenvalue weighted by Crippen LogP contribution is -2.51. The van der Waals surface area contributed by atoms with Crippen molar-refractivity contribution in [3.8, 4) is 11.5 Å². The minimum absolute atomic E-state index is 0.0772. The topological polar surface area (TPSA) is 53.0 Å². The lowest BCUT2D eigenvalue weighted by Gasteiger charge is -2.38. The number of carbonyl (C=O) groups excluding carboxylic acids is 1. The smallest absolute Gasteiger partial charge is 0.246 e. The Labute approximate surface area is 125 Å². The monoisotopic (exact) mass is 290 g/mol. The lowest BCUT2D eigenvalue weighted by molar-refractivity contribution is -0.128. The van der Waals surface area contributed by atoms with Crippen LogP contribution in [-0.4, -0.2) is 49.2 Å². The normalized spacial score (nSPS) is 19.4. The van der Waals surface area contributed by atoms with E-state index >= 15 is 0 Å². The molecule has 1 heterocycles. The zero-order valence-corrected chi connectivity index (χ0v) is 13.2. The predicted octanol–water partition coefficient (Wildman–Crippen LogP) is 2.10. The molecule has 1 amide bonds. The first-order valence-corrected chi connectivity index (χ1v) is 6.85. The van der Waals surface area contributed by atoms with E-state index in [0.29, 0.717) is 23.5 Å². The number of likely N-dealkylation sites (N-methyl/N-ethyl adjacent to an activating group) is 2. The first kappa shape index (κ1) is 15.2. The summed E-state index contributed by atoms with van der Waals surface area (Å²) in [6.45, 7) is 4.58. The number of methoxy groups -OCH3 is 1.